The average Bonchev–Trinajstić information content (AvgIpc) is 2.63. The summed E-state index contributed by atoms with van der Waals surface area (Å²) in [4.78, 5) is 24.9. The Morgan fingerprint density at radius 1 is 1.07 bits per heavy atom. The molecule has 0 aliphatic carbocycles. The lowest BCUT2D eigenvalue weighted by Crippen LogP contribution is -2.72. The van der Waals surface area contributed by atoms with Gasteiger partial charge < -0.3 is 15.7 Å². The number of Topliss-reactive ketones (excluding diaryl/α,β-unsaturated/α-hetero) is 1. The van der Waals surface area contributed by atoms with Crippen LogP contribution in [0.5, 0.6) is 0 Å². The highest BCUT2D eigenvalue weighted by molar-refractivity contribution is 6.42. The number of hydrogen-bond acceptors (Lipinski definition) is 3. The fraction of sp³-hybridized carbons (Fsp3) is 0.222. The molecule has 3 atom stereocenters. The summed E-state index contributed by atoms with van der Waals surface area (Å²) in [7, 11) is 0. The zero-order chi connectivity index (χ0) is 20.7. The minimum Gasteiger partial charge on any atom is -0.363 e. The van der Waals surface area contributed by atoms with Crippen LogP contribution in [-0.2, 0) is 0 Å². The molecule has 2 aromatic rings. The van der Waals surface area contributed by atoms with Gasteiger partial charge in [-0.05, 0) is 17.7 Å². The van der Waals surface area contributed by atoms with Crippen LogP contribution in [0.3, 0.4) is 0 Å². The minimum atomic E-state index is -5.33. The largest absolute Gasteiger partial charge is 0.437 e. The summed E-state index contributed by atoms with van der Waals surface area (Å²) in [5.74, 6) is -3.13. The average molecular weight is 433 g/mol. The Kier molecular flexibility index (Phi) is 5.31. The van der Waals surface area contributed by atoms with Crippen molar-refractivity contribution in [3.8, 4) is 0 Å². The van der Waals surface area contributed by atoms with Gasteiger partial charge in [-0.2, -0.15) is 13.2 Å². The summed E-state index contributed by atoms with van der Waals surface area (Å²) in [6, 6.07) is 8.27. The second-order valence-corrected chi connectivity index (χ2v) is 7.04. The molecule has 1 saturated heterocycles. The molecule has 3 rings (SSSR count). The van der Waals surface area contributed by atoms with E-state index in [0.717, 1.165) is 0 Å². The van der Waals surface area contributed by atoms with Crippen LogP contribution in [-0.4, -0.2) is 28.8 Å². The number of carbonyl (C=O) groups excluding carboxylic acids is 2. The predicted octanol–water partition coefficient (Wildman–Crippen LogP) is 4.10. The summed E-state index contributed by atoms with van der Waals surface area (Å²) >= 11 is 11.8. The molecule has 0 unspecified atom stereocenters. The Morgan fingerprint density at radius 3 is 2.29 bits per heavy atom. The Hall–Kier alpha value is -2.29. The molecule has 1 fully saturated rings. The van der Waals surface area contributed by atoms with Crippen LogP contribution in [0.1, 0.15) is 22.0 Å². The van der Waals surface area contributed by atoms with Gasteiger partial charge in [0.1, 0.15) is 5.92 Å². The van der Waals surface area contributed by atoms with Gasteiger partial charge in [-0.3, -0.25) is 4.79 Å². The van der Waals surface area contributed by atoms with Gasteiger partial charge in [-0.15, -0.1) is 0 Å². The van der Waals surface area contributed by atoms with E-state index in [2.05, 4.69) is 5.32 Å². The van der Waals surface area contributed by atoms with Crippen LogP contribution in [0, 0.1) is 5.92 Å². The molecule has 0 bridgehead atoms. The first kappa shape index (κ1) is 20.4. The topological polar surface area (TPSA) is 78.4 Å². The molecule has 0 radical (unpaired) electrons. The van der Waals surface area contributed by atoms with Crippen LogP contribution >= 0.6 is 23.2 Å². The lowest BCUT2D eigenvalue weighted by atomic mass is 9.77. The maximum Gasteiger partial charge on any atom is 0.437 e. The van der Waals surface area contributed by atoms with Crippen molar-refractivity contribution in [2.75, 3.05) is 0 Å². The summed E-state index contributed by atoms with van der Waals surface area (Å²) in [5, 5.41) is 14.3. The smallest absolute Gasteiger partial charge is 0.363 e. The van der Waals surface area contributed by atoms with Crippen molar-refractivity contribution in [1.29, 1.82) is 0 Å². The molecule has 1 aliphatic heterocycles. The molecular weight excluding hydrogens is 420 g/mol. The third kappa shape index (κ3) is 3.55. The summed E-state index contributed by atoms with van der Waals surface area (Å²) in [6.07, 6.45) is -5.33. The molecule has 28 heavy (non-hydrogen) atoms. The first-order valence-corrected chi connectivity index (χ1v) is 8.72. The monoisotopic (exact) mass is 432 g/mol. The van der Waals surface area contributed by atoms with Gasteiger partial charge in [0.15, 0.2) is 5.78 Å². The van der Waals surface area contributed by atoms with E-state index in [9.17, 15) is 27.9 Å². The highest BCUT2D eigenvalue weighted by atomic mass is 35.5. The van der Waals surface area contributed by atoms with Gasteiger partial charge in [0, 0.05) is 5.56 Å². The first-order chi connectivity index (χ1) is 13.0. The molecule has 2 aromatic carbocycles. The number of aliphatic hydroxyl groups is 1. The van der Waals surface area contributed by atoms with Gasteiger partial charge in [-0.1, -0.05) is 59.6 Å². The third-order valence-electron chi connectivity index (χ3n) is 4.45. The summed E-state index contributed by atoms with van der Waals surface area (Å²) < 4.78 is 41.3. The van der Waals surface area contributed by atoms with E-state index in [1.165, 1.54) is 47.8 Å². The number of ketones is 1. The van der Waals surface area contributed by atoms with Crippen LogP contribution in [0.25, 0.3) is 0 Å². The Balaban J connectivity index is 2.18. The molecule has 2 amide bonds. The van der Waals surface area contributed by atoms with Crippen LogP contribution in [0.15, 0.2) is 48.5 Å². The van der Waals surface area contributed by atoms with Crippen LogP contribution in [0.2, 0.25) is 10.0 Å². The number of nitrogens with one attached hydrogen (secondary N) is 2. The molecule has 0 aromatic heterocycles. The Labute approximate surface area is 167 Å². The quantitative estimate of drug-likeness (QED) is 0.638. The molecule has 1 heterocycles. The maximum absolute atomic E-state index is 13.8. The van der Waals surface area contributed by atoms with E-state index in [4.69, 9.17) is 23.2 Å². The number of rotatable bonds is 3. The molecule has 0 spiro atoms. The molecule has 1 aliphatic rings. The molecular formula is C18H13Cl2F3N2O3. The fourth-order valence-electron chi connectivity index (χ4n) is 3.10. The number of amides is 2. The van der Waals surface area contributed by atoms with Gasteiger partial charge in [-0.25, -0.2) is 4.79 Å². The summed E-state index contributed by atoms with van der Waals surface area (Å²) in [5.41, 5.74) is -3.77. The predicted molar refractivity (Wildman–Crippen MR) is 96.1 cm³/mol. The van der Waals surface area contributed by atoms with Crippen molar-refractivity contribution >= 4 is 35.0 Å². The van der Waals surface area contributed by atoms with Gasteiger partial charge >= 0.3 is 12.2 Å². The van der Waals surface area contributed by atoms with E-state index < -0.39 is 35.7 Å². The second kappa shape index (κ2) is 7.27. The van der Waals surface area contributed by atoms with Crippen molar-refractivity contribution in [2.45, 2.75) is 17.9 Å². The number of urea groups is 1. The fourth-order valence-corrected chi connectivity index (χ4v) is 3.41. The highest BCUT2D eigenvalue weighted by Gasteiger charge is 2.66. The molecule has 10 heteroatoms. The lowest BCUT2D eigenvalue weighted by molar-refractivity contribution is -0.287. The molecule has 0 saturated carbocycles. The molecule has 3 N–H and O–H groups in total. The first-order valence-electron chi connectivity index (χ1n) is 7.96. The van der Waals surface area contributed by atoms with E-state index in [1.807, 2.05) is 0 Å². The third-order valence-corrected chi connectivity index (χ3v) is 5.19. The highest BCUT2D eigenvalue weighted by Crippen LogP contribution is 2.44. The van der Waals surface area contributed by atoms with Gasteiger partial charge in [0.25, 0.3) is 0 Å². The SMILES string of the molecule is O=C1N[C@@H](c2ccc(Cl)c(Cl)c2)[C@@H](C(=O)c2ccccc2)[C@@](O)(C(F)(F)F)N1. The second-order valence-electron chi connectivity index (χ2n) is 6.22. The van der Waals surface area contributed by atoms with Crippen molar-refractivity contribution in [3.63, 3.8) is 0 Å². The van der Waals surface area contributed by atoms with Crippen LogP contribution < -0.4 is 10.6 Å². The number of halogens is 5. The van der Waals surface area contributed by atoms with Crippen molar-refractivity contribution in [2.24, 2.45) is 5.92 Å². The standard InChI is InChI=1S/C18H13Cl2F3N2O3/c19-11-7-6-10(8-12(11)20)14-13(15(26)9-4-2-1-3-5-9)17(28,18(21,22)23)25-16(27)24-14/h1-8,13-14,28H,(H2,24,25,27)/t13-,14-,17+/m0/s1. The number of hydrogen-bond donors (Lipinski definition) is 3. The molecule has 5 nitrogen and oxygen atoms in total. The number of benzene rings is 2. The number of alkyl halides is 3. The van der Waals surface area contributed by atoms with Crippen molar-refractivity contribution < 1.29 is 27.9 Å². The van der Waals surface area contributed by atoms with Crippen molar-refractivity contribution in [1.82, 2.24) is 10.6 Å². The zero-order valence-corrected chi connectivity index (χ0v) is 15.4. The zero-order valence-electron chi connectivity index (χ0n) is 13.9. The maximum atomic E-state index is 13.8. The van der Waals surface area contributed by atoms with Gasteiger partial charge in [0.2, 0.25) is 5.72 Å². The van der Waals surface area contributed by atoms with E-state index in [1.54, 1.807) is 6.07 Å². The lowest BCUT2D eigenvalue weighted by Gasteiger charge is -2.45. The van der Waals surface area contributed by atoms with Crippen molar-refractivity contribution in [3.05, 3.63) is 69.7 Å². The van der Waals surface area contributed by atoms with E-state index in [0.29, 0.717) is 0 Å². The molecule has 148 valence electrons. The van der Waals surface area contributed by atoms with Crippen LogP contribution in [0.4, 0.5) is 18.0 Å². The number of carbonyl (C=O) groups is 2. The summed E-state index contributed by atoms with van der Waals surface area (Å²) in [6.45, 7) is 0. The van der Waals surface area contributed by atoms with E-state index >= 15 is 0 Å². The van der Waals surface area contributed by atoms with Gasteiger partial charge in [0.05, 0.1) is 16.1 Å². The minimum absolute atomic E-state index is 0.0217. The Bertz CT molecular complexity index is 924. The van der Waals surface area contributed by atoms with E-state index in [-0.39, 0.29) is 21.2 Å². The Morgan fingerprint density at radius 2 is 1.71 bits per heavy atom. The normalized spacial score (nSPS) is 25.0.